The molecule has 2 N–H and O–H groups in total. The molecule has 0 saturated carbocycles. The molecule has 2 aromatic heterocycles. The smallest absolute Gasteiger partial charge is 0.378 e. The standard InChI is InChI=1S/C19H18FN5O4S/c1-11(2)21-19(28)22-15(26)10-29-18(27)16-23-17(14-4-3-9-30-14)25(24-16)13-7-5-12(20)6-8-13/h3-9,11H,10H2,1-2H3,(H2,21,22,26,28). The van der Waals surface area contributed by atoms with Crippen molar-refractivity contribution in [2.45, 2.75) is 19.9 Å². The van der Waals surface area contributed by atoms with Gasteiger partial charge >= 0.3 is 12.0 Å². The number of esters is 1. The average molecular weight is 431 g/mol. The Kier molecular flexibility index (Phi) is 6.52. The highest BCUT2D eigenvalue weighted by Gasteiger charge is 2.21. The molecule has 156 valence electrons. The van der Waals surface area contributed by atoms with Gasteiger partial charge in [0.25, 0.3) is 11.7 Å². The fourth-order valence-electron chi connectivity index (χ4n) is 2.38. The first-order chi connectivity index (χ1) is 14.3. The number of halogens is 1. The van der Waals surface area contributed by atoms with Gasteiger partial charge < -0.3 is 10.1 Å². The van der Waals surface area contributed by atoms with E-state index >= 15 is 0 Å². The molecule has 1 aromatic carbocycles. The number of urea groups is 1. The molecule has 30 heavy (non-hydrogen) atoms. The van der Waals surface area contributed by atoms with Crippen molar-refractivity contribution >= 4 is 29.2 Å². The largest absolute Gasteiger partial charge is 0.450 e. The maximum absolute atomic E-state index is 13.3. The third-order valence-corrected chi connectivity index (χ3v) is 4.48. The molecule has 0 spiro atoms. The van der Waals surface area contributed by atoms with Gasteiger partial charge in [-0.2, -0.15) is 4.98 Å². The maximum atomic E-state index is 13.3. The third-order valence-electron chi connectivity index (χ3n) is 3.61. The van der Waals surface area contributed by atoms with Crippen molar-refractivity contribution < 1.29 is 23.5 Å². The zero-order valence-electron chi connectivity index (χ0n) is 16.1. The summed E-state index contributed by atoms with van der Waals surface area (Å²) in [7, 11) is 0. The predicted molar refractivity (Wildman–Crippen MR) is 107 cm³/mol. The summed E-state index contributed by atoms with van der Waals surface area (Å²) in [4.78, 5) is 40.5. The van der Waals surface area contributed by atoms with E-state index in [1.54, 1.807) is 19.9 Å². The number of thiophene rings is 1. The topological polar surface area (TPSA) is 115 Å². The molecule has 0 aliphatic rings. The van der Waals surface area contributed by atoms with Gasteiger partial charge in [-0.15, -0.1) is 16.4 Å². The van der Waals surface area contributed by atoms with Crippen LogP contribution in [-0.4, -0.2) is 45.3 Å². The van der Waals surface area contributed by atoms with Crippen molar-refractivity contribution in [3.63, 3.8) is 0 Å². The molecule has 0 aliphatic carbocycles. The van der Waals surface area contributed by atoms with E-state index in [4.69, 9.17) is 4.74 Å². The number of nitrogens with zero attached hydrogens (tertiary/aromatic N) is 3. The minimum absolute atomic E-state index is 0.157. The van der Waals surface area contributed by atoms with E-state index in [9.17, 15) is 18.8 Å². The van der Waals surface area contributed by atoms with E-state index in [1.165, 1.54) is 40.3 Å². The van der Waals surface area contributed by atoms with Crippen molar-refractivity contribution in [2.24, 2.45) is 0 Å². The second kappa shape index (κ2) is 9.27. The predicted octanol–water partition coefficient (Wildman–Crippen LogP) is 2.53. The van der Waals surface area contributed by atoms with Crippen LogP contribution >= 0.6 is 11.3 Å². The molecule has 0 fully saturated rings. The summed E-state index contributed by atoms with van der Waals surface area (Å²) in [6.07, 6.45) is 0. The van der Waals surface area contributed by atoms with Crippen LogP contribution in [0.5, 0.6) is 0 Å². The Bertz CT molecular complexity index is 1050. The van der Waals surface area contributed by atoms with Gasteiger partial charge in [0.05, 0.1) is 10.6 Å². The number of carbonyl (C=O) groups excluding carboxylic acids is 3. The second-order valence-corrected chi connectivity index (χ2v) is 7.32. The Morgan fingerprint density at radius 2 is 1.93 bits per heavy atom. The van der Waals surface area contributed by atoms with E-state index in [0.29, 0.717) is 11.5 Å². The molecule has 3 rings (SSSR count). The number of hydrogen-bond acceptors (Lipinski definition) is 7. The highest BCUT2D eigenvalue weighted by atomic mass is 32.1. The summed E-state index contributed by atoms with van der Waals surface area (Å²) >= 11 is 1.38. The number of nitrogens with one attached hydrogen (secondary N) is 2. The van der Waals surface area contributed by atoms with Crippen LogP contribution in [-0.2, 0) is 9.53 Å². The van der Waals surface area contributed by atoms with Crippen LogP contribution < -0.4 is 10.6 Å². The van der Waals surface area contributed by atoms with E-state index in [1.807, 2.05) is 16.8 Å². The monoisotopic (exact) mass is 431 g/mol. The lowest BCUT2D eigenvalue weighted by Crippen LogP contribution is -2.44. The number of amides is 3. The van der Waals surface area contributed by atoms with Gasteiger partial charge in [0, 0.05) is 6.04 Å². The van der Waals surface area contributed by atoms with Gasteiger partial charge in [-0.25, -0.2) is 18.7 Å². The Morgan fingerprint density at radius 3 is 2.57 bits per heavy atom. The highest BCUT2D eigenvalue weighted by molar-refractivity contribution is 7.13. The Labute approximate surface area is 174 Å². The first-order valence-electron chi connectivity index (χ1n) is 8.88. The average Bonchev–Trinajstić information content (AvgIpc) is 3.35. The number of rotatable bonds is 6. The van der Waals surface area contributed by atoms with E-state index < -0.39 is 30.3 Å². The molecule has 3 amide bonds. The van der Waals surface area contributed by atoms with Gasteiger partial charge in [-0.1, -0.05) is 6.07 Å². The minimum atomic E-state index is -0.937. The lowest BCUT2D eigenvalue weighted by Gasteiger charge is -2.08. The second-order valence-electron chi connectivity index (χ2n) is 6.38. The van der Waals surface area contributed by atoms with E-state index in [2.05, 4.69) is 15.4 Å². The van der Waals surface area contributed by atoms with Crippen molar-refractivity contribution in [3.05, 3.63) is 53.4 Å². The molecule has 0 aliphatic heterocycles. The Hall–Kier alpha value is -3.60. The summed E-state index contributed by atoms with van der Waals surface area (Å²) < 4.78 is 19.6. The minimum Gasteiger partial charge on any atom is -0.450 e. The van der Waals surface area contributed by atoms with Crippen LogP contribution in [0.2, 0.25) is 0 Å². The summed E-state index contributed by atoms with van der Waals surface area (Å²) in [5.41, 5.74) is 0.495. The highest BCUT2D eigenvalue weighted by Crippen LogP contribution is 2.25. The van der Waals surface area contributed by atoms with Crippen LogP contribution in [0.15, 0.2) is 41.8 Å². The number of imide groups is 1. The summed E-state index contributed by atoms with van der Waals surface area (Å²) in [5, 5.41) is 10.5. The molecule has 9 nitrogen and oxygen atoms in total. The summed E-state index contributed by atoms with van der Waals surface area (Å²) in [6, 6.07) is 8.28. The number of carbonyl (C=O) groups is 3. The third kappa shape index (κ3) is 5.26. The molecule has 0 atom stereocenters. The quantitative estimate of drug-likeness (QED) is 0.580. The molecule has 0 saturated heterocycles. The van der Waals surface area contributed by atoms with E-state index in [0.717, 1.165) is 4.88 Å². The molecular weight excluding hydrogens is 413 g/mol. The summed E-state index contributed by atoms with van der Waals surface area (Å²) in [5.74, 6) is -2.05. The lowest BCUT2D eigenvalue weighted by atomic mass is 10.3. The van der Waals surface area contributed by atoms with Crippen molar-refractivity contribution in [3.8, 4) is 16.4 Å². The SMILES string of the molecule is CC(C)NC(=O)NC(=O)COC(=O)c1nc(-c2cccs2)n(-c2ccc(F)cc2)n1. The van der Waals surface area contributed by atoms with Gasteiger partial charge in [-0.3, -0.25) is 10.1 Å². The van der Waals surface area contributed by atoms with Gasteiger partial charge in [0.1, 0.15) is 5.82 Å². The van der Waals surface area contributed by atoms with Crippen LogP contribution in [0.3, 0.4) is 0 Å². The number of aromatic nitrogens is 3. The molecule has 0 radical (unpaired) electrons. The van der Waals surface area contributed by atoms with Gasteiger partial charge in [0.15, 0.2) is 12.4 Å². The first kappa shape index (κ1) is 21.1. The zero-order chi connectivity index (χ0) is 21.7. The molecule has 0 unspecified atom stereocenters. The number of ether oxygens (including phenoxy) is 1. The Balaban J connectivity index is 1.75. The molecule has 0 bridgehead atoms. The van der Waals surface area contributed by atoms with Crippen LogP contribution in [0, 0.1) is 5.82 Å². The van der Waals surface area contributed by atoms with Crippen LogP contribution in [0.4, 0.5) is 9.18 Å². The number of benzene rings is 1. The summed E-state index contributed by atoms with van der Waals surface area (Å²) in [6.45, 7) is 2.79. The molecule has 2 heterocycles. The first-order valence-corrected chi connectivity index (χ1v) is 9.76. The molecule has 11 heteroatoms. The van der Waals surface area contributed by atoms with Crippen LogP contribution in [0.25, 0.3) is 16.4 Å². The fraction of sp³-hybridized carbons (Fsp3) is 0.211. The van der Waals surface area contributed by atoms with E-state index in [-0.39, 0.29) is 11.9 Å². The Morgan fingerprint density at radius 1 is 1.20 bits per heavy atom. The van der Waals surface area contributed by atoms with Crippen molar-refractivity contribution in [1.29, 1.82) is 0 Å². The lowest BCUT2D eigenvalue weighted by molar-refractivity contribution is -0.123. The van der Waals surface area contributed by atoms with Crippen LogP contribution in [0.1, 0.15) is 24.5 Å². The molecule has 3 aromatic rings. The number of hydrogen-bond donors (Lipinski definition) is 2. The fourth-order valence-corrected chi connectivity index (χ4v) is 3.08. The zero-order valence-corrected chi connectivity index (χ0v) is 16.9. The molecular formula is C19H18FN5O4S. The van der Waals surface area contributed by atoms with Crippen molar-refractivity contribution in [1.82, 2.24) is 25.4 Å². The normalized spacial score (nSPS) is 10.7. The van der Waals surface area contributed by atoms with Gasteiger partial charge in [-0.05, 0) is 49.6 Å². The van der Waals surface area contributed by atoms with Gasteiger partial charge in [0.2, 0.25) is 0 Å². The maximum Gasteiger partial charge on any atom is 0.378 e. The van der Waals surface area contributed by atoms with Crippen molar-refractivity contribution in [2.75, 3.05) is 6.61 Å².